The number of hydrogen-bond acceptors (Lipinski definition) is 3. The van der Waals surface area contributed by atoms with Crippen LogP contribution in [0.2, 0.25) is 0 Å². The lowest BCUT2D eigenvalue weighted by molar-refractivity contribution is 0.405. The van der Waals surface area contributed by atoms with Gasteiger partial charge in [0.1, 0.15) is 5.75 Å². The number of methoxy groups -OCH3 is 1. The van der Waals surface area contributed by atoms with Crippen molar-refractivity contribution in [1.29, 1.82) is 0 Å². The van der Waals surface area contributed by atoms with E-state index in [4.69, 9.17) is 16.2 Å². The van der Waals surface area contributed by atoms with Crippen LogP contribution < -0.4 is 16.2 Å². The van der Waals surface area contributed by atoms with Crippen LogP contribution in [0.5, 0.6) is 5.75 Å². The van der Waals surface area contributed by atoms with Crippen LogP contribution in [0.4, 0.5) is 0 Å². The molecule has 1 atom stereocenters. The van der Waals surface area contributed by atoms with Crippen molar-refractivity contribution in [2.45, 2.75) is 25.8 Å². The lowest BCUT2D eigenvalue weighted by Crippen LogP contribution is -2.21. The maximum atomic E-state index is 5.93. The monoisotopic (exact) mass is 244 g/mol. The molecule has 0 bridgehead atoms. The molecule has 1 aromatic carbocycles. The number of halogens is 1. The SMILES string of the molecule is COc1ccc(C(C)C)cc1[C@H](N)CN.Cl. The summed E-state index contributed by atoms with van der Waals surface area (Å²) in [6.45, 7) is 4.73. The average molecular weight is 245 g/mol. The normalized spacial score (nSPS) is 12.1. The van der Waals surface area contributed by atoms with E-state index < -0.39 is 0 Å². The molecule has 0 spiro atoms. The van der Waals surface area contributed by atoms with Crippen LogP contribution in [0.1, 0.15) is 36.9 Å². The van der Waals surface area contributed by atoms with Gasteiger partial charge in [0.15, 0.2) is 0 Å². The molecule has 0 radical (unpaired) electrons. The third kappa shape index (κ3) is 3.37. The minimum absolute atomic E-state index is 0. The number of hydrogen-bond donors (Lipinski definition) is 2. The van der Waals surface area contributed by atoms with E-state index in [-0.39, 0.29) is 18.4 Å². The van der Waals surface area contributed by atoms with E-state index in [1.54, 1.807) is 7.11 Å². The van der Waals surface area contributed by atoms with Gasteiger partial charge in [0.25, 0.3) is 0 Å². The van der Waals surface area contributed by atoms with Crippen LogP contribution >= 0.6 is 12.4 Å². The summed E-state index contributed by atoms with van der Waals surface area (Å²) in [5.74, 6) is 1.30. The largest absolute Gasteiger partial charge is 0.496 e. The topological polar surface area (TPSA) is 61.3 Å². The minimum Gasteiger partial charge on any atom is -0.496 e. The Bertz CT molecular complexity index is 329. The minimum atomic E-state index is -0.154. The Labute approximate surface area is 104 Å². The zero-order chi connectivity index (χ0) is 11.4. The second kappa shape index (κ2) is 6.74. The Balaban J connectivity index is 0.00000225. The highest BCUT2D eigenvalue weighted by Crippen LogP contribution is 2.27. The van der Waals surface area contributed by atoms with Crippen LogP contribution in [-0.2, 0) is 0 Å². The molecule has 0 heterocycles. The summed E-state index contributed by atoms with van der Waals surface area (Å²) in [6, 6.07) is 5.95. The zero-order valence-electron chi connectivity index (χ0n) is 10.1. The maximum Gasteiger partial charge on any atom is 0.123 e. The van der Waals surface area contributed by atoms with Crippen molar-refractivity contribution in [2.75, 3.05) is 13.7 Å². The lowest BCUT2D eigenvalue weighted by atomic mass is 9.97. The van der Waals surface area contributed by atoms with Crippen LogP contribution in [0.3, 0.4) is 0 Å². The molecule has 1 rings (SSSR count). The van der Waals surface area contributed by atoms with Crippen molar-refractivity contribution in [1.82, 2.24) is 0 Å². The van der Waals surface area contributed by atoms with E-state index in [0.29, 0.717) is 12.5 Å². The van der Waals surface area contributed by atoms with Gasteiger partial charge in [-0.05, 0) is 17.5 Å². The van der Waals surface area contributed by atoms with Gasteiger partial charge in [-0.2, -0.15) is 0 Å². The molecule has 4 N–H and O–H groups in total. The first-order valence-corrected chi connectivity index (χ1v) is 5.23. The number of benzene rings is 1. The summed E-state index contributed by atoms with van der Waals surface area (Å²) < 4.78 is 5.27. The molecule has 92 valence electrons. The summed E-state index contributed by atoms with van der Waals surface area (Å²) >= 11 is 0. The molecule has 0 aromatic heterocycles. The van der Waals surface area contributed by atoms with Gasteiger partial charge in [-0.1, -0.05) is 26.0 Å². The number of rotatable bonds is 4. The van der Waals surface area contributed by atoms with E-state index in [9.17, 15) is 0 Å². The summed E-state index contributed by atoms with van der Waals surface area (Å²) in [5, 5.41) is 0. The van der Waals surface area contributed by atoms with Crippen LogP contribution in [0, 0.1) is 0 Å². The van der Waals surface area contributed by atoms with Gasteiger partial charge in [-0.25, -0.2) is 0 Å². The highest BCUT2D eigenvalue weighted by atomic mass is 35.5. The molecular weight excluding hydrogens is 224 g/mol. The second-order valence-corrected chi connectivity index (χ2v) is 4.00. The Morgan fingerprint density at radius 1 is 1.31 bits per heavy atom. The van der Waals surface area contributed by atoms with E-state index in [1.807, 2.05) is 6.07 Å². The van der Waals surface area contributed by atoms with E-state index in [2.05, 4.69) is 26.0 Å². The van der Waals surface area contributed by atoms with Crippen molar-refractivity contribution in [3.8, 4) is 5.75 Å². The van der Waals surface area contributed by atoms with Crippen LogP contribution in [0.25, 0.3) is 0 Å². The first kappa shape index (κ1) is 15.2. The summed E-state index contributed by atoms with van der Waals surface area (Å²) in [4.78, 5) is 0. The van der Waals surface area contributed by atoms with Crippen LogP contribution in [0.15, 0.2) is 18.2 Å². The van der Waals surface area contributed by atoms with Crippen molar-refractivity contribution in [2.24, 2.45) is 11.5 Å². The van der Waals surface area contributed by atoms with E-state index in [1.165, 1.54) is 5.56 Å². The van der Waals surface area contributed by atoms with Gasteiger partial charge in [0.05, 0.1) is 7.11 Å². The summed E-state index contributed by atoms with van der Waals surface area (Å²) in [7, 11) is 1.65. The third-order valence-electron chi connectivity index (χ3n) is 2.57. The number of nitrogens with two attached hydrogens (primary N) is 2. The molecule has 0 aliphatic carbocycles. The Morgan fingerprint density at radius 2 is 1.94 bits per heavy atom. The van der Waals surface area contributed by atoms with Crippen molar-refractivity contribution < 1.29 is 4.74 Å². The average Bonchev–Trinajstić information content (AvgIpc) is 2.27. The molecule has 0 unspecified atom stereocenters. The molecule has 0 amide bonds. The fourth-order valence-electron chi connectivity index (χ4n) is 1.53. The third-order valence-corrected chi connectivity index (χ3v) is 2.57. The van der Waals surface area contributed by atoms with E-state index >= 15 is 0 Å². The fourth-order valence-corrected chi connectivity index (χ4v) is 1.53. The Kier molecular flexibility index (Phi) is 6.41. The van der Waals surface area contributed by atoms with Crippen molar-refractivity contribution in [3.05, 3.63) is 29.3 Å². The van der Waals surface area contributed by atoms with Crippen LogP contribution in [-0.4, -0.2) is 13.7 Å². The summed E-state index contributed by atoms with van der Waals surface area (Å²) in [5.41, 5.74) is 13.8. The molecule has 0 aliphatic rings. The highest BCUT2D eigenvalue weighted by Gasteiger charge is 2.12. The maximum absolute atomic E-state index is 5.93. The predicted molar refractivity (Wildman–Crippen MR) is 70.3 cm³/mol. The molecule has 0 fully saturated rings. The molecule has 0 saturated carbocycles. The molecule has 4 heteroatoms. The smallest absolute Gasteiger partial charge is 0.123 e. The lowest BCUT2D eigenvalue weighted by Gasteiger charge is -2.16. The fraction of sp³-hybridized carbons (Fsp3) is 0.500. The molecule has 1 aromatic rings. The van der Waals surface area contributed by atoms with Gasteiger partial charge in [-0.3, -0.25) is 0 Å². The predicted octanol–water partition coefficient (Wildman–Crippen LogP) is 2.20. The molecule has 3 nitrogen and oxygen atoms in total. The molecule has 0 aliphatic heterocycles. The standard InChI is InChI=1S/C12H20N2O.ClH/c1-8(2)9-4-5-12(15-3)10(6-9)11(14)7-13;/h4-6,8,11H,7,13-14H2,1-3H3;1H/t11-;/m1./s1. The Hall–Kier alpha value is -0.770. The Morgan fingerprint density at radius 3 is 2.38 bits per heavy atom. The molecular formula is C12H21ClN2O. The second-order valence-electron chi connectivity index (χ2n) is 4.00. The highest BCUT2D eigenvalue weighted by molar-refractivity contribution is 5.85. The number of ether oxygens (including phenoxy) is 1. The van der Waals surface area contributed by atoms with Gasteiger partial charge >= 0.3 is 0 Å². The summed E-state index contributed by atoms with van der Waals surface area (Å²) in [6.07, 6.45) is 0. The van der Waals surface area contributed by atoms with Gasteiger partial charge in [-0.15, -0.1) is 12.4 Å². The first-order chi connectivity index (χ1) is 7.10. The van der Waals surface area contributed by atoms with Gasteiger partial charge in [0, 0.05) is 18.2 Å². The van der Waals surface area contributed by atoms with Gasteiger partial charge < -0.3 is 16.2 Å². The van der Waals surface area contributed by atoms with Crippen molar-refractivity contribution in [3.63, 3.8) is 0 Å². The molecule has 16 heavy (non-hydrogen) atoms. The first-order valence-electron chi connectivity index (χ1n) is 5.23. The van der Waals surface area contributed by atoms with Crippen molar-refractivity contribution >= 4 is 12.4 Å². The van der Waals surface area contributed by atoms with E-state index in [0.717, 1.165) is 11.3 Å². The molecule has 0 saturated heterocycles. The van der Waals surface area contributed by atoms with Gasteiger partial charge in [0.2, 0.25) is 0 Å². The quantitative estimate of drug-likeness (QED) is 0.854. The zero-order valence-corrected chi connectivity index (χ0v) is 10.9.